The van der Waals surface area contributed by atoms with Crippen LogP contribution < -0.4 is 5.32 Å². The van der Waals surface area contributed by atoms with Gasteiger partial charge in [0, 0.05) is 11.0 Å². The number of amides is 1. The largest absolute Gasteiger partial charge is 0.481 e. The van der Waals surface area contributed by atoms with Crippen LogP contribution in [0.2, 0.25) is 0 Å². The van der Waals surface area contributed by atoms with Crippen molar-refractivity contribution in [1.82, 2.24) is 5.32 Å². The van der Waals surface area contributed by atoms with Crippen LogP contribution in [0.15, 0.2) is 22.7 Å². The second-order valence-corrected chi connectivity index (χ2v) is 5.66. The summed E-state index contributed by atoms with van der Waals surface area (Å²) in [5.41, 5.74) is -0.954. The molecule has 0 saturated heterocycles. The summed E-state index contributed by atoms with van der Waals surface area (Å²) < 4.78 is 14.1. The van der Waals surface area contributed by atoms with E-state index in [2.05, 4.69) is 21.2 Å². The topological polar surface area (TPSA) is 66.4 Å². The van der Waals surface area contributed by atoms with Crippen LogP contribution in [0, 0.1) is 11.2 Å². The Morgan fingerprint density at radius 3 is 2.58 bits per heavy atom. The Morgan fingerprint density at radius 2 is 2.11 bits per heavy atom. The quantitative estimate of drug-likeness (QED) is 0.892. The highest BCUT2D eigenvalue weighted by Gasteiger charge is 2.44. The van der Waals surface area contributed by atoms with Crippen molar-refractivity contribution in [3.05, 3.63) is 34.1 Å². The SMILES string of the molecule is O=C(NCC1(C(=O)O)CCC1)c1ccc(Br)cc1F. The standard InChI is InChI=1S/C13H13BrFNO3/c14-8-2-3-9(10(15)6-8)11(17)16-7-13(12(18)19)4-1-5-13/h2-3,6H,1,4-5,7H2,(H,16,17)(H,18,19). The van der Waals surface area contributed by atoms with E-state index in [1.807, 2.05) is 0 Å². The zero-order valence-electron chi connectivity index (χ0n) is 10.1. The van der Waals surface area contributed by atoms with Gasteiger partial charge >= 0.3 is 5.97 Å². The summed E-state index contributed by atoms with van der Waals surface area (Å²) in [6.07, 6.45) is 1.94. The first-order chi connectivity index (χ1) is 8.94. The molecule has 1 saturated carbocycles. The van der Waals surface area contributed by atoms with Gasteiger partial charge in [-0.25, -0.2) is 4.39 Å². The predicted molar refractivity (Wildman–Crippen MR) is 70.4 cm³/mol. The molecular formula is C13H13BrFNO3. The summed E-state index contributed by atoms with van der Waals surface area (Å²) in [5.74, 6) is -2.13. The van der Waals surface area contributed by atoms with Crippen molar-refractivity contribution in [1.29, 1.82) is 0 Å². The molecule has 1 aromatic carbocycles. The monoisotopic (exact) mass is 329 g/mol. The van der Waals surface area contributed by atoms with Gasteiger partial charge in [0.25, 0.3) is 5.91 Å². The minimum atomic E-state index is -0.907. The molecule has 1 amide bonds. The van der Waals surface area contributed by atoms with E-state index in [1.165, 1.54) is 12.1 Å². The van der Waals surface area contributed by atoms with Gasteiger partial charge in [0.2, 0.25) is 0 Å². The number of nitrogens with one attached hydrogen (secondary N) is 1. The van der Waals surface area contributed by atoms with E-state index < -0.39 is 23.1 Å². The van der Waals surface area contributed by atoms with Crippen LogP contribution in [0.1, 0.15) is 29.6 Å². The highest BCUT2D eigenvalue weighted by Crippen LogP contribution is 2.40. The Labute approximate surface area is 118 Å². The molecule has 0 bridgehead atoms. The minimum absolute atomic E-state index is 0.0384. The Kier molecular flexibility index (Phi) is 3.89. The van der Waals surface area contributed by atoms with Crippen molar-refractivity contribution in [2.45, 2.75) is 19.3 Å². The lowest BCUT2D eigenvalue weighted by Gasteiger charge is -2.37. The number of halogens is 2. The molecule has 102 valence electrons. The molecule has 0 unspecified atom stereocenters. The van der Waals surface area contributed by atoms with E-state index in [4.69, 9.17) is 5.11 Å². The summed E-state index contributed by atoms with van der Waals surface area (Å²) in [7, 11) is 0. The third kappa shape index (κ3) is 2.78. The van der Waals surface area contributed by atoms with E-state index in [0.29, 0.717) is 17.3 Å². The second kappa shape index (κ2) is 5.28. The molecule has 0 heterocycles. The molecule has 0 atom stereocenters. The molecular weight excluding hydrogens is 317 g/mol. The van der Waals surface area contributed by atoms with E-state index in [9.17, 15) is 14.0 Å². The van der Waals surface area contributed by atoms with E-state index in [-0.39, 0.29) is 12.1 Å². The van der Waals surface area contributed by atoms with Crippen molar-refractivity contribution in [3.63, 3.8) is 0 Å². The van der Waals surface area contributed by atoms with Crippen molar-refractivity contribution in [2.75, 3.05) is 6.54 Å². The molecule has 0 aromatic heterocycles. The summed E-state index contributed by atoms with van der Waals surface area (Å²) in [6, 6.07) is 4.13. The number of aliphatic carboxylic acids is 1. The number of hydrogen-bond donors (Lipinski definition) is 2. The average Bonchev–Trinajstić information content (AvgIpc) is 2.26. The number of carboxylic acids is 1. The van der Waals surface area contributed by atoms with Crippen LogP contribution in [0.3, 0.4) is 0 Å². The van der Waals surface area contributed by atoms with Crippen LogP contribution in [-0.4, -0.2) is 23.5 Å². The molecule has 1 fully saturated rings. The normalized spacial score (nSPS) is 16.5. The minimum Gasteiger partial charge on any atom is -0.481 e. The lowest BCUT2D eigenvalue weighted by Crippen LogP contribution is -2.47. The maximum absolute atomic E-state index is 13.6. The molecule has 0 aliphatic heterocycles. The number of benzene rings is 1. The Morgan fingerprint density at radius 1 is 1.42 bits per heavy atom. The van der Waals surface area contributed by atoms with Crippen LogP contribution in [0.5, 0.6) is 0 Å². The first-order valence-electron chi connectivity index (χ1n) is 5.91. The molecule has 2 rings (SSSR count). The smallest absolute Gasteiger partial charge is 0.311 e. The third-order valence-electron chi connectivity index (χ3n) is 3.53. The lowest BCUT2D eigenvalue weighted by atomic mass is 9.69. The highest BCUT2D eigenvalue weighted by molar-refractivity contribution is 9.10. The molecule has 1 aliphatic carbocycles. The van der Waals surface area contributed by atoms with E-state index >= 15 is 0 Å². The van der Waals surface area contributed by atoms with Crippen LogP contribution in [0.25, 0.3) is 0 Å². The fourth-order valence-electron chi connectivity index (χ4n) is 2.09. The summed E-state index contributed by atoms with van der Waals surface area (Å²) in [6.45, 7) is 0.0384. The first kappa shape index (κ1) is 14.0. The molecule has 4 nitrogen and oxygen atoms in total. The average molecular weight is 330 g/mol. The van der Waals surface area contributed by atoms with Gasteiger partial charge in [-0.2, -0.15) is 0 Å². The molecule has 0 spiro atoms. The van der Waals surface area contributed by atoms with Crippen LogP contribution in [0.4, 0.5) is 4.39 Å². The fourth-order valence-corrected chi connectivity index (χ4v) is 2.42. The van der Waals surface area contributed by atoms with Crippen molar-refractivity contribution >= 4 is 27.8 Å². The van der Waals surface area contributed by atoms with Gasteiger partial charge < -0.3 is 10.4 Å². The molecule has 0 radical (unpaired) electrons. The Hall–Kier alpha value is -1.43. The molecule has 6 heteroatoms. The number of carbonyl (C=O) groups excluding carboxylic acids is 1. The number of rotatable bonds is 4. The fraction of sp³-hybridized carbons (Fsp3) is 0.385. The zero-order valence-corrected chi connectivity index (χ0v) is 11.7. The maximum Gasteiger partial charge on any atom is 0.311 e. The third-order valence-corrected chi connectivity index (χ3v) is 4.02. The first-order valence-corrected chi connectivity index (χ1v) is 6.71. The van der Waals surface area contributed by atoms with Gasteiger partial charge in [-0.1, -0.05) is 22.4 Å². The second-order valence-electron chi connectivity index (χ2n) is 4.75. The highest BCUT2D eigenvalue weighted by atomic mass is 79.9. The van der Waals surface area contributed by atoms with Gasteiger partial charge in [0.1, 0.15) is 5.82 Å². The molecule has 1 aromatic rings. The Bertz CT molecular complexity index is 529. The Balaban J connectivity index is 2.03. The maximum atomic E-state index is 13.6. The summed E-state index contributed by atoms with van der Waals surface area (Å²) in [5, 5.41) is 11.6. The summed E-state index contributed by atoms with van der Waals surface area (Å²) >= 11 is 3.11. The zero-order chi connectivity index (χ0) is 14.0. The number of hydrogen-bond acceptors (Lipinski definition) is 2. The van der Waals surface area contributed by atoms with Crippen LogP contribution >= 0.6 is 15.9 Å². The van der Waals surface area contributed by atoms with Crippen molar-refractivity contribution < 1.29 is 19.1 Å². The van der Waals surface area contributed by atoms with E-state index in [0.717, 1.165) is 6.42 Å². The van der Waals surface area contributed by atoms with E-state index in [1.54, 1.807) is 6.07 Å². The van der Waals surface area contributed by atoms with Crippen molar-refractivity contribution in [2.24, 2.45) is 5.41 Å². The lowest BCUT2D eigenvalue weighted by molar-refractivity contribution is -0.153. The molecule has 2 N–H and O–H groups in total. The van der Waals surface area contributed by atoms with Crippen LogP contribution in [-0.2, 0) is 4.79 Å². The van der Waals surface area contributed by atoms with Crippen molar-refractivity contribution in [3.8, 4) is 0 Å². The van der Waals surface area contributed by atoms with Gasteiger partial charge in [0.15, 0.2) is 0 Å². The molecule has 1 aliphatic rings. The number of carbonyl (C=O) groups is 2. The van der Waals surface area contributed by atoms with Gasteiger partial charge in [0.05, 0.1) is 11.0 Å². The van der Waals surface area contributed by atoms with Gasteiger partial charge in [-0.05, 0) is 31.0 Å². The number of carboxylic acid groups (broad SMARTS) is 1. The summed E-state index contributed by atoms with van der Waals surface area (Å²) in [4.78, 5) is 23.0. The van der Waals surface area contributed by atoms with Gasteiger partial charge in [-0.15, -0.1) is 0 Å². The molecule has 19 heavy (non-hydrogen) atoms. The van der Waals surface area contributed by atoms with Gasteiger partial charge in [-0.3, -0.25) is 9.59 Å². The predicted octanol–water partition coefficient (Wildman–Crippen LogP) is 2.57.